The summed E-state index contributed by atoms with van der Waals surface area (Å²) in [5.41, 5.74) is 1.09. The van der Waals surface area contributed by atoms with Gasteiger partial charge in [-0.25, -0.2) is 0 Å². The summed E-state index contributed by atoms with van der Waals surface area (Å²) in [5.74, 6) is -0.130. The van der Waals surface area contributed by atoms with Gasteiger partial charge < -0.3 is 9.73 Å². The van der Waals surface area contributed by atoms with Gasteiger partial charge in [-0.15, -0.1) is 11.3 Å². The molecule has 1 atom stereocenters. The first-order valence-corrected chi connectivity index (χ1v) is 12.2. The lowest BCUT2D eigenvalue weighted by molar-refractivity contribution is -0.127. The molecule has 4 rings (SSSR count). The molecular weight excluding hydrogens is 436 g/mol. The van der Waals surface area contributed by atoms with Gasteiger partial charge in [0.2, 0.25) is 5.91 Å². The molecule has 6 nitrogen and oxygen atoms in total. The molecule has 1 N–H and O–H groups in total. The Morgan fingerprint density at radius 2 is 1.82 bits per heavy atom. The highest BCUT2D eigenvalue weighted by Gasteiger charge is 2.36. The molecule has 2 amide bonds. The molecule has 0 saturated heterocycles. The number of nitrogens with one attached hydrogen (secondary N) is 1. The van der Waals surface area contributed by atoms with Crippen LogP contribution in [0.25, 0.3) is 0 Å². The second-order valence-electron chi connectivity index (χ2n) is 8.38. The minimum Gasteiger partial charge on any atom is -0.467 e. The lowest BCUT2D eigenvalue weighted by atomic mass is 9.95. The summed E-state index contributed by atoms with van der Waals surface area (Å²) < 4.78 is 5.65. The van der Waals surface area contributed by atoms with Crippen LogP contribution in [0.3, 0.4) is 0 Å². The molecule has 1 aromatic carbocycles. The maximum absolute atomic E-state index is 13.6. The fraction of sp³-hybridized carbons (Fsp3) is 0.346. The number of furan rings is 1. The summed E-state index contributed by atoms with van der Waals surface area (Å²) in [6.07, 6.45) is 6.91. The summed E-state index contributed by atoms with van der Waals surface area (Å²) in [4.78, 5) is 41.4. The standard InChI is InChI=1S/C26H28N2O4S/c1-18(29)19-11-13-21(14-12-19)28(24(30)17-22-9-6-16-33-22)25(23-10-5-15-32-23)26(31)27-20-7-3-2-4-8-20/h5-6,9-16,20,25H,2-4,7-8,17H2,1H3,(H,27,31). The Hall–Kier alpha value is -3.19. The number of anilines is 1. The van der Waals surface area contributed by atoms with E-state index in [0.717, 1.165) is 30.6 Å². The van der Waals surface area contributed by atoms with Gasteiger partial charge in [-0.05, 0) is 67.6 Å². The van der Waals surface area contributed by atoms with Crippen LogP contribution in [-0.4, -0.2) is 23.6 Å². The van der Waals surface area contributed by atoms with E-state index >= 15 is 0 Å². The largest absolute Gasteiger partial charge is 0.467 e. The normalized spacial score (nSPS) is 15.1. The molecule has 1 fully saturated rings. The first kappa shape index (κ1) is 23.0. The number of ketones is 1. The second kappa shape index (κ2) is 10.6. The maximum atomic E-state index is 13.6. The van der Waals surface area contributed by atoms with E-state index in [2.05, 4.69) is 5.32 Å². The predicted molar refractivity (Wildman–Crippen MR) is 128 cm³/mol. The van der Waals surface area contributed by atoms with Crippen LogP contribution < -0.4 is 10.2 Å². The zero-order valence-electron chi connectivity index (χ0n) is 18.7. The van der Waals surface area contributed by atoms with E-state index in [9.17, 15) is 14.4 Å². The van der Waals surface area contributed by atoms with E-state index in [-0.39, 0.29) is 30.1 Å². The van der Waals surface area contributed by atoms with Crippen LogP contribution in [0.15, 0.2) is 64.6 Å². The van der Waals surface area contributed by atoms with E-state index < -0.39 is 6.04 Å². The lowest BCUT2D eigenvalue weighted by Crippen LogP contribution is -2.47. The summed E-state index contributed by atoms with van der Waals surface area (Å²) in [7, 11) is 0. The molecule has 3 aromatic rings. The van der Waals surface area contributed by atoms with E-state index in [1.807, 2.05) is 17.5 Å². The highest BCUT2D eigenvalue weighted by molar-refractivity contribution is 7.10. The molecular formula is C26H28N2O4S. The van der Waals surface area contributed by atoms with Crippen molar-refractivity contribution in [3.63, 3.8) is 0 Å². The van der Waals surface area contributed by atoms with E-state index in [1.165, 1.54) is 35.8 Å². The van der Waals surface area contributed by atoms with Crippen LogP contribution in [0.4, 0.5) is 5.69 Å². The lowest BCUT2D eigenvalue weighted by Gasteiger charge is -2.32. The molecule has 1 saturated carbocycles. The highest BCUT2D eigenvalue weighted by atomic mass is 32.1. The van der Waals surface area contributed by atoms with Crippen molar-refractivity contribution >= 4 is 34.6 Å². The molecule has 33 heavy (non-hydrogen) atoms. The molecule has 0 radical (unpaired) electrons. The van der Waals surface area contributed by atoms with Gasteiger partial charge in [-0.2, -0.15) is 0 Å². The second-order valence-corrected chi connectivity index (χ2v) is 9.42. The maximum Gasteiger partial charge on any atom is 0.251 e. The topological polar surface area (TPSA) is 79.6 Å². The third kappa shape index (κ3) is 5.60. The Labute approximate surface area is 197 Å². The van der Waals surface area contributed by atoms with Gasteiger partial charge in [0.25, 0.3) is 5.91 Å². The van der Waals surface area contributed by atoms with Crippen molar-refractivity contribution in [3.8, 4) is 0 Å². The van der Waals surface area contributed by atoms with Crippen LogP contribution in [0.5, 0.6) is 0 Å². The number of benzene rings is 1. The molecule has 0 bridgehead atoms. The number of carbonyl (C=O) groups excluding carboxylic acids is 3. The number of hydrogen-bond acceptors (Lipinski definition) is 5. The van der Waals surface area contributed by atoms with Gasteiger partial charge in [0, 0.05) is 22.2 Å². The third-order valence-electron chi connectivity index (χ3n) is 6.00. The van der Waals surface area contributed by atoms with Gasteiger partial charge in [0.15, 0.2) is 11.8 Å². The molecule has 1 unspecified atom stereocenters. The fourth-order valence-electron chi connectivity index (χ4n) is 4.29. The van der Waals surface area contributed by atoms with E-state index in [4.69, 9.17) is 4.42 Å². The first-order chi connectivity index (χ1) is 16.0. The Bertz CT molecular complexity index is 1070. The zero-order valence-corrected chi connectivity index (χ0v) is 19.5. The quantitative estimate of drug-likeness (QED) is 0.458. The van der Waals surface area contributed by atoms with E-state index in [0.29, 0.717) is 17.0 Å². The van der Waals surface area contributed by atoms with Crippen molar-refractivity contribution in [2.45, 2.75) is 57.5 Å². The van der Waals surface area contributed by atoms with Crippen LogP contribution in [0.1, 0.15) is 66.1 Å². The fourth-order valence-corrected chi connectivity index (χ4v) is 4.98. The van der Waals surface area contributed by atoms with Crippen LogP contribution in [0, 0.1) is 0 Å². The number of carbonyl (C=O) groups is 3. The minimum absolute atomic E-state index is 0.0596. The highest BCUT2D eigenvalue weighted by Crippen LogP contribution is 2.31. The van der Waals surface area contributed by atoms with Crippen molar-refractivity contribution in [2.24, 2.45) is 0 Å². The Morgan fingerprint density at radius 1 is 1.06 bits per heavy atom. The number of thiophene rings is 1. The molecule has 2 heterocycles. The average molecular weight is 465 g/mol. The summed E-state index contributed by atoms with van der Waals surface area (Å²) in [5, 5.41) is 5.08. The predicted octanol–water partition coefficient (Wildman–Crippen LogP) is 5.31. The van der Waals surface area contributed by atoms with Crippen molar-refractivity contribution in [1.82, 2.24) is 5.32 Å². The number of Topliss-reactive ketones (excluding diaryl/α,β-unsaturated/α-hetero) is 1. The van der Waals surface area contributed by atoms with Gasteiger partial charge in [-0.3, -0.25) is 19.3 Å². The summed E-state index contributed by atoms with van der Waals surface area (Å²) >= 11 is 1.50. The third-order valence-corrected chi connectivity index (χ3v) is 6.87. The summed E-state index contributed by atoms with van der Waals surface area (Å²) in [6, 6.07) is 13.2. The molecule has 7 heteroatoms. The van der Waals surface area contributed by atoms with Crippen molar-refractivity contribution in [3.05, 3.63) is 76.4 Å². The minimum atomic E-state index is -0.947. The van der Waals surface area contributed by atoms with Crippen LogP contribution in [-0.2, 0) is 16.0 Å². The molecule has 1 aliphatic rings. The molecule has 0 spiro atoms. The smallest absolute Gasteiger partial charge is 0.251 e. The van der Waals surface area contributed by atoms with Crippen molar-refractivity contribution in [1.29, 1.82) is 0 Å². The molecule has 2 aromatic heterocycles. The number of rotatable bonds is 8. The summed E-state index contributed by atoms with van der Waals surface area (Å²) in [6.45, 7) is 1.50. The Kier molecular flexibility index (Phi) is 7.40. The van der Waals surface area contributed by atoms with Gasteiger partial charge in [0.05, 0.1) is 12.7 Å². The number of amides is 2. The monoisotopic (exact) mass is 464 g/mol. The first-order valence-electron chi connectivity index (χ1n) is 11.3. The van der Waals surface area contributed by atoms with Crippen molar-refractivity contribution < 1.29 is 18.8 Å². The number of hydrogen-bond donors (Lipinski definition) is 1. The van der Waals surface area contributed by atoms with Crippen molar-refractivity contribution in [2.75, 3.05) is 4.90 Å². The Balaban J connectivity index is 1.70. The van der Waals surface area contributed by atoms with E-state index in [1.54, 1.807) is 36.4 Å². The SMILES string of the molecule is CC(=O)c1ccc(N(C(=O)Cc2cccs2)C(C(=O)NC2CCCCC2)c2ccco2)cc1. The molecule has 172 valence electrons. The van der Waals surface area contributed by atoms with Gasteiger partial charge in [-0.1, -0.05) is 25.3 Å². The van der Waals surface area contributed by atoms with Crippen LogP contribution >= 0.6 is 11.3 Å². The molecule has 0 aliphatic heterocycles. The average Bonchev–Trinajstić information content (AvgIpc) is 3.52. The van der Waals surface area contributed by atoms with Crippen LogP contribution in [0.2, 0.25) is 0 Å². The number of nitrogens with zero attached hydrogens (tertiary/aromatic N) is 1. The van der Waals surface area contributed by atoms with Gasteiger partial charge in [0.1, 0.15) is 5.76 Å². The zero-order chi connectivity index (χ0) is 23.2. The van der Waals surface area contributed by atoms with Gasteiger partial charge >= 0.3 is 0 Å². The Morgan fingerprint density at radius 3 is 2.42 bits per heavy atom. The molecule has 1 aliphatic carbocycles.